The molecule has 5 rings (SSSR count). The van der Waals surface area contributed by atoms with Gasteiger partial charge in [-0.25, -0.2) is 0 Å². The van der Waals surface area contributed by atoms with E-state index in [1.807, 2.05) is 21.9 Å². The van der Waals surface area contributed by atoms with Gasteiger partial charge in [0.05, 0.1) is 13.2 Å². The summed E-state index contributed by atoms with van der Waals surface area (Å²) in [5, 5.41) is 0. The fourth-order valence-electron chi connectivity index (χ4n) is 4.75. The lowest BCUT2D eigenvalue weighted by atomic mass is 9.95. The highest BCUT2D eigenvalue weighted by Gasteiger charge is 2.60. The number of benzene rings is 1. The van der Waals surface area contributed by atoms with E-state index in [-0.39, 0.29) is 11.8 Å². The Morgan fingerprint density at radius 2 is 1.44 bits per heavy atom. The van der Waals surface area contributed by atoms with E-state index < -0.39 is 11.2 Å². The lowest BCUT2D eigenvalue weighted by molar-refractivity contribution is -0.189. The molecular formula is C21H26N2O4. The lowest BCUT2D eigenvalue weighted by Crippen LogP contribution is -2.52. The van der Waals surface area contributed by atoms with Crippen molar-refractivity contribution in [1.29, 1.82) is 0 Å². The first-order chi connectivity index (χ1) is 13.1. The standard InChI is InChI=1S/C21H26N2O4/c24-18(22-11-8-21(9-12-22)26-13-14-27-21)20(6-7-20)19(25)23-10-5-16-3-1-2-4-17(16)15-23/h1-4H,5-15H2. The van der Waals surface area contributed by atoms with Gasteiger partial charge < -0.3 is 19.3 Å². The van der Waals surface area contributed by atoms with Gasteiger partial charge in [0, 0.05) is 39.0 Å². The number of piperidine rings is 1. The first-order valence-corrected chi connectivity index (χ1v) is 10.1. The zero-order valence-corrected chi connectivity index (χ0v) is 15.6. The second-order valence-electron chi connectivity index (χ2n) is 8.23. The fraction of sp³-hybridized carbons (Fsp3) is 0.619. The number of likely N-dealkylation sites (tertiary alicyclic amines) is 1. The van der Waals surface area contributed by atoms with Gasteiger partial charge in [-0.15, -0.1) is 0 Å². The lowest BCUT2D eigenvalue weighted by Gasteiger charge is -2.39. The van der Waals surface area contributed by atoms with Crippen molar-refractivity contribution in [2.75, 3.05) is 32.8 Å². The zero-order chi connectivity index (χ0) is 18.5. The van der Waals surface area contributed by atoms with Gasteiger partial charge in [-0.1, -0.05) is 24.3 Å². The summed E-state index contributed by atoms with van der Waals surface area (Å²) in [5.74, 6) is -0.455. The predicted molar refractivity (Wildman–Crippen MR) is 97.7 cm³/mol. The van der Waals surface area contributed by atoms with Gasteiger partial charge >= 0.3 is 0 Å². The van der Waals surface area contributed by atoms with Crippen LogP contribution in [0.1, 0.15) is 36.8 Å². The number of nitrogens with zero attached hydrogens (tertiary/aromatic N) is 2. The Labute approximate surface area is 159 Å². The number of fused-ring (bicyclic) bond motifs is 1. The van der Waals surface area contributed by atoms with E-state index in [1.54, 1.807) is 0 Å². The summed E-state index contributed by atoms with van der Waals surface area (Å²) in [4.78, 5) is 30.2. The average molecular weight is 370 g/mol. The number of hydrogen-bond donors (Lipinski definition) is 0. The van der Waals surface area contributed by atoms with Gasteiger partial charge in [0.15, 0.2) is 5.79 Å². The van der Waals surface area contributed by atoms with Crippen LogP contribution >= 0.6 is 0 Å². The second kappa shape index (κ2) is 6.31. The van der Waals surface area contributed by atoms with E-state index >= 15 is 0 Å². The minimum atomic E-state index is -0.811. The molecule has 3 heterocycles. The van der Waals surface area contributed by atoms with Gasteiger partial charge in [0.25, 0.3) is 0 Å². The summed E-state index contributed by atoms with van der Waals surface area (Å²) in [6.07, 6.45) is 3.61. The number of ether oxygens (including phenoxy) is 2. The molecule has 0 bridgehead atoms. The van der Waals surface area contributed by atoms with Crippen molar-refractivity contribution in [3.63, 3.8) is 0 Å². The summed E-state index contributed by atoms with van der Waals surface area (Å²) in [6.45, 7) is 3.80. The van der Waals surface area contributed by atoms with E-state index in [0.717, 1.165) is 6.42 Å². The van der Waals surface area contributed by atoms with Crippen molar-refractivity contribution in [2.24, 2.45) is 5.41 Å². The summed E-state index contributed by atoms with van der Waals surface area (Å²) in [7, 11) is 0. The van der Waals surface area contributed by atoms with Gasteiger partial charge in [-0.2, -0.15) is 0 Å². The van der Waals surface area contributed by atoms with Gasteiger partial charge in [-0.3, -0.25) is 9.59 Å². The first-order valence-electron chi connectivity index (χ1n) is 10.1. The normalized spacial score (nSPS) is 25.3. The number of hydrogen-bond acceptors (Lipinski definition) is 4. The third-order valence-electron chi connectivity index (χ3n) is 6.61. The molecule has 1 aromatic carbocycles. The topological polar surface area (TPSA) is 59.1 Å². The van der Waals surface area contributed by atoms with Crippen LogP contribution in [0, 0.1) is 5.41 Å². The summed E-state index contributed by atoms with van der Waals surface area (Å²) in [5.41, 5.74) is 1.71. The number of carbonyl (C=O) groups excluding carboxylic acids is 2. The van der Waals surface area contributed by atoms with Crippen molar-refractivity contribution >= 4 is 11.8 Å². The highest BCUT2D eigenvalue weighted by Crippen LogP contribution is 2.50. The molecule has 0 aromatic heterocycles. The van der Waals surface area contributed by atoms with E-state index in [0.29, 0.717) is 65.1 Å². The van der Waals surface area contributed by atoms with Crippen molar-refractivity contribution in [3.05, 3.63) is 35.4 Å². The number of rotatable bonds is 2. The quantitative estimate of drug-likeness (QED) is 0.744. The Morgan fingerprint density at radius 1 is 0.815 bits per heavy atom. The maximum Gasteiger partial charge on any atom is 0.238 e. The molecule has 1 spiro atoms. The molecule has 27 heavy (non-hydrogen) atoms. The molecule has 1 aromatic rings. The van der Waals surface area contributed by atoms with Crippen LogP contribution in [0.3, 0.4) is 0 Å². The average Bonchev–Trinajstić information content (AvgIpc) is 3.41. The molecular weight excluding hydrogens is 344 g/mol. The Kier molecular flexibility index (Phi) is 4.02. The highest BCUT2D eigenvalue weighted by atomic mass is 16.7. The Balaban J connectivity index is 1.26. The van der Waals surface area contributed by atoms with Crippen LogP contribution in [0.15, 0.2) is 24.3 Å². The van der Waals surface area contributed by atoms with E-state index in [9.17, 15) is 9.59 Å². The summed E-state index contributed by atoms with van der Waals surface area (Å²) < 4.78 is 11.5. The molecule has 144 valence electrons. The maximum atomic E-state index is 13.3. The van der Waals surface area contributed by atoms with Gasteiger partial charge in [0.1, 0.15) is 5.41 Å². The Hall–Kier alpha value is -1.92. The van der Waals surface area contributed by atoms with Crippen LogP contribution in [-0.4, -0.2) is 60.2 Å². The zero-order valence-electron chi connectivity index (χ0n) is 15.6. The molecule has 2 amide bonds. The molecule has 3 fully saturated rings. The highest BCUT2D eigenvalue weighted by molar-refractivity contribution is 6.08. The van der Waals surface area contributed by atoms with E-state index in [1.165, 1.54) is 11.1 Å². The monoisotopic (exact) mass is 370 g/mol. The number of carbonyl (C=O) groups is 2. The smallest absolute Gasteiger partial charge is 0.238 e. The molecule has 0 atom stereocenters. The van der Waals surface area contributed by atoms with Crippen LogP contribution < -0.4 is 0 Å². The molecule has 1 saturated carbocycles. The predicted octanol–water partition coefficient (Wildman–Crippen LogP) is 1.72. The van der Waals surface area contributed by atoms with Crippen molar-refractivity contribution < 1.29 is 19.1 Å². The van der Waals surface area contributed by atoms with Crippen LogP contribution in [-0.2, 0) is 32.0 Å². The first kappa shape index (κ1) is 17.2. The molecule has 1 aliphatic carbocycles. The minimum Gasteiger partial charge on any atom is -0.347 e. The molecule has 0 radical (unpaired) electrons. The van der Waals surface area contributed by atoms with Crippen LogP contribution in [0.25, 0.3) is 0 Å². The SMILES string of the molecule is O=C(N1CCC2(CC1)OCCO2)C1(C(=O)N2CCc3ccccc3C2)CC1. The summed E-state index contributed by atoms with van der Waals surface area (Å²) >= 11 is 0. The van der Waals surface area contributed by atoms with Gasteiger partial charge in [0.2, 0.25) is 11.8 Å². The van der Waals surface area contributed by atoms with Gasteiger partial charge in [-0.05, 0) is 30.4 Å². The second-order valence-corrected chi connectivity index (χ2v) is 8.23. The minimum absolute atomic E-state index is 0.0132. The summed E-state index contributed by atoms with van der Waals surface area (Å²) in [6, 6.07) is 8.28. The molecule has 2 saturated heterocycles. The van der Waals surface area contributed by atoms with Crippen molar-refractivity contribution in [1.82, 2.24) is 9.80 Å². The van der Waals surface area contributed by atoms with Crippen molar-refractivity contribution in [2.45, 2.75) is 44.4 Å². The van der Waals surface area contributed by atoms with E-state index in [2.05, 4.69) is 12.1 Å². The third-order valence-corrected chi connectivity index (χ3v) is 6.61. The molecule has 0 N–H and O–H groups in total. The van der Waals surface area contributed by atoms with E-state index in [4.69, 9.17) is 9.47 Å². The van der Waals surface area contributed by atoms with Crippen molar-refractivity contribution in [3.8, 4) is 0 Å². The fourth-order valence-corrected chi connectivity index (χ4v) is 4.75. The Morgan fingerprint density at radius 3 is 2.11 bits per heavy atom. The van der Waals surface area contributed by atoms with Crippen LogP contribution in [0.5, 0.6) is 0 Å². The van der Waals surface area contributed by atoms with Crippen LogP contribution in [0.4, 0.5) is 0 Å². The maximum absolute atomic E-state index is 13.3. The third kappa shape index (κ3) is 2.86. The largest absolute Gasteiger partial charge is 0.347 e. The molecule has 6 heteroatoms. The molecule has 6 nitrogen and oxygen atoms in total. The molecule has 0 unspecified atom stereocenters. The molecule has 4 aliphatic rings. The number of amides is 2. The Bertz CT molecular complexity index is 757. The van der Waals surface area contributed by atoms with Crippen LogP contribution in [0.2, 0.25) is 0 Å². The molecule has 3 aliphatic heterocycles.